The van der Waals surface area contributed by atoms with Crippen molar-refractivity contribution in [2.24, 2.45) is 0 Å². The molecule has 0 aliphatic rings. The standard InChI is InChI=1S/C10H12F3N/c1-6-3-8(14-5-10(12)13)4-9(11)7(6)2/h3-4,10,14H,5H2,1-2H3. The van der Waals surface area contributed by atoms with Gasteiger partial charge in [0.2, 0.25) is 0 Å². The van der Waals surface area contributed by atoms with Crippen LogP contribution in [-0.4, -0.2) is 13.0 Å². The molecule has 0 saturated heterocycles. The third-order valence-electron chi connectivity index (χ3n) is 2.06. The third kappa shape index (κ3) is 2.65. The predicted octanol–water partition coefficient (Wildman–Crippen LogP) is 3.12. The lowest BCUT2D eigenvalue weighted by Gasteiger charge is -2.09. The highest BCUT2D eigenvalue weighted by molar-refractivity contribution is 5.48. The van der Waals surface area contributed by atoms with Crippen LogP contribution >= 0.6 is 0 Å². The first-order valence-electron chi connectivity index (χ1n) is 4.29. The Morgan fingerprint density at radius 1 is 1.29 bits per heavy atom. The van der Waals surface area contributed by atoms with Crippen LogP contribution in [0.25, 0.3) is 0 Å². The summed E-state index contributed by atoms with van der Waals surface area (Å²) < 4.78 is 36.8. The number of halogens is 3. The van der Waals surface area contributed by atoms with E-state index in [1.807, 2.05) is 0 Å². The number of rotatable bonds is 3. The summed E-state index contributed by atoms with van der Waals surface area (Å²) in [5, 5.41) is 2.46. The molecule has 0 amide bonds. The van der Waals surface area contributed by atoms with E-state index in [1.54, 1.807) is 19.9 Å². The fourth-order valence-corrected chi connectivity index (χ4v) is 1.11. The maximum atomic E-state index is 13.1. The number of alkyl halides is 2. The zero-order valence-corrected chi connectivity index (χ0v) is 8.07. The van der Waals surface area contributed by atoms with E-state index in [0.717, 1.165) is 5.56 Å². The Kier molecular flexibility index (Phi) is 3.38. The minimum Gasteiger partial charge on any atom is -0.379 e. The summed E-state index contributed by atoms with van der Waals surface area (Å²) in [6.45, 7) is 2.94. The molecule has 0 saturated carbocycles. The fourth-order valence-electron chi connectivity index (χ4n) is 1.11. The van der Waals surface area contributed by atoms with Crippen LogP contribution in [0.1, 0.15) is 11.1 Å². The SMILES string of the molecule is Cc1cc(NCC(F)F)cc(F)c1C. The van der Waals surface area contributed by atoms with Crippen molar-refractivity contribution in [2.45, 2.75) is 20.3 Å². The number of hydrogen-bond acceptors (Lipinski definition) is 1. The molecular formula is C10H12F3N. The molecular weight excluding hydrogens is 191 g/mol. The minimum atomic E-state index is -2.43. The predicted molar refractivity (Wildman–Crippen MR) is 50.4 cm³/mol. The Hall–Kier alpha value is -1.19. The van der Waals surface area contributed by atoms with Gasteiger partial charge in [-0.25, -0.2) is 13.2 Å². The van der Waals surface area contributed by atoms with Crippen LogP contribution in [0, 0.1) is 19.7 Å². The molecule has 78 valence electrons. The molecule has 0 aliphatic carbocycles. The molecule has 0 fully saturated rings. The largest absolute Gasteiger partial charge is 0.379 e. The highest BCUT2D eigenvalue weighted by atomic mass is 19.3. The van der Waals surface area contributed by atoms with Crippen LogP contribution in [0.4, 0.5) is 18.9 Å². The van der Waals surface area contributed by atoms with E-state index in [9.17, 15) is 13.2 Å². The van der Waals surface area contributed by atoms with Gasteiger partial charge in [0.25, 0.3) is 6.43 Å². The van der Waals surface area contributed by atoms with E-state index < -0.39 is 13.0 Å². The summed E-state index contributed by atoms with van der Waals surface area (Å²) in [6, 6.07) is 2.88. The van der Waals surface area contributed by atoms with E-state index >= 15 is 0 Å². The van der Waals surface area contributed by atoms with E-state index in [0.29, 0.717) is 11.3 Å². The number of benzene rings is 1. The van der Waals surface area contributed by atoms with E-state index in [-0.39, 0.29) is 5.82 Å². The lowest BCUT2D eigenvalue weighted by atomic mass is 10.1. The molecule has 0 bridgehead atoms. The zero-order valence-electron chi connectivity index (χ0n) is 8.07. The number of aryl methyl sites for hydroxylation is 1. The van der Waals surface area contributed by atoms with Gasteiger partial charge in [-0.1, -0.05) is 0 Å². The first-order valence-corrected chi connectivity index (χ1v) is 4.29. The Morgan fingerprint density at radius 2 is 1.93 bits per heavy atom. The lowest BCUT2D eigenvalue weighted by molar-refractivity contribution is 0.163. The molecule has 0 unspecified atom stereocenters. The van der Waals surface area contributed by atoms with Crippen LogP contribution in [0.3, 0.4) is 0 Å². The van der Waals surface area contributed by atoms with Crippen LogP contribution in [-0.2, 0) is 0 Å². The maximum absolute atomic E-state index is 13.1. The second-order valence-corrected chi connectivity index (χ2v) is 3.17. The topological polar surface area (TPSA) is 12.0 Å². The third-order valence-corrected chi connectivity index (χ3v) is 2.06. The van der Waals surface area contributed by atoms with Gasteiger partial charge in [-0.2, -0.15) is 0 Å². The second kappa shape index (κ2) is 4.35. The molecule has 1 nitrogen and oxygen atoms in total. The van der Waals surface area contributed by atoms with Crippen molar-refractivity contribution in [1.82, 2.24) is 0 Å². The summed E-state index contributed by atoms with van der Waals surface area (Å²) in [7, 11) is 0. The number of anilines is 1. The second-order valence-electron chi connectivity index (χ2n) is 3.17. The van der Waals surface area contributed by atoms with E-state index in [2.05, 4.69) is 5.32 Å². The molecule has 0 atom stereocenters. The monoisotopic (exact) mass is 203 g/mol. The highest BCUT2D eigenvalue weighted by Gasteiger charge is 2.05. The highest BCUT2D eigenvalue weighted by Crippen LogP contribution is 2.18. The molecule has 14 heavy (non-hydrogen) atoms. The average molecular weight is 203 g/mol. The summed E-state index contributed by atoms with van der Waals surface area (Å²) in [4.78, 5) is 0. The van der Waals surface area contributed by atoms with Gasteiger partial charge in [-0.15, -0.1) is 0 Å². The van der Waals surface area contributed by atoms with Crippen molar-refractivity contribution in [3.63, 3.8) is 0 Å². The molecule has 0 radical (unpaired) electrons. The van der Waals surface area contributed by atoms with Gasteiger partial charge in [0.1, 0.15) is 5.82 Å². The summed E-state index contributed by atoms with van der Waals surface area (Å²) in [5.41, 5.74) is 1.69. The van der Waals surface area contributed by atoms with Gasteiger partial charge in [0, 0.05) is 5.69 Å². The summed E-state index contributed by atoms with van der Waals surface area (Å²) >= 11 is 0. The van der Waals surface area contributed by atoms with Crippen LogP contribution < -0.4 is 5.32 Å². The Bertz CT molecular complexity index is 300. The normalized spacial score (nSPS) is 10.7. The van der Waals surface area contributed by atoms with Crippen molar-refractivity contribution in [3.05, 3.63) is 29.1 Å². The first kappa shape index (κ1) is 10.9. The smallest absolute Gasteiger partial charge is 0.255 e. The van der Waals surface area contributed by atoms with Crippen LogP contribution in [0.2, 0.25) is 0 Å². The minimum absolute atomic E-state index is 0.373. The van der Waals surface area contributed by atoms with Crippen molar-refractivity contribution in [2.75, 3.05) is 11.9 Å². The zero-order chi connectivity index (χ0) is 10.7. The number of hydrogen-bond donors (Lipinski definition) is 1. The molecule has 1 N–H and O–H groups in total. The molecule has 1 aromatic rings. The molecule has 1 rings (SSSR count). The van der Waals surface area contributed by atoms with Gasteiger partial charge in [0.05, 0.1) is 6.54 Å². The fraction of sp³-hybridized carbons (Fsp3) is 0.400. The van der Waals surface area contributed by atoms with Crippen LogP contribution in [0.15, 0.2) is 12.1 Å². The maximum Gasteiger partial charge on any atom is 0.255 e. The molecule has 0 aliphatic heterocycles. The van der Waals surface area contributed by atoms with E-state index in [4.69, 9.17) is 0 Å². The van der Waals surface area contributed by atoms with Gasteiger partial charge < -0.3 is 5.32 Å². The summed E-state index contributed by atoms with van der Waals surface area (Å²) in [6.07, 6.45) is -2.43. The van der Waals surface area contributed by atoms with Gasteiger partial charge in [0.15, 0.2) is 0 Å². The molecule has 0 aromatic heterocycles. The lowest BCUT2D eigenvalue weighted by Crippen LogP contribution is -2.10. The quantitative estimate of drug-likeness (QED) is 0.795. The van der Waals surface area contributed by atoms with Gasteiger partial charge in [-0.05, 0) is 37.1 Å². The van der Waals surface area contributed by atoms with E-state index in [1.165, 1.54) is 6.07 Å². The average Bonchev–Trinajstić information content (AvgIpc) is 2.10. The Morgan fingerprint density at radius 3 is 2.43 bits per heavy atom. The van der Waals surface area contributed by atoms with Crippen molar-refractivity contribution < 1.29 is 13.2 Å². The van der Waals surface area contributed by atoms with Crippen molar-refractivity contribution in [3.8, 4) is 0 Å². The first-order chi connectivity index (χ1) is 6.50. The Balaban J connectivity index is 2.79. The Labute approximate surface area is 80.9 Å². The van der Waals surface area contributed by atoms with Crippen molar-refractivity contribution in [1.29, 1.82) is 0 Å². The molecule has 0 spiro atoms. The summed E-state index contributed by atoms with van der Waals surface area (Å²) in [5.74, 6) is -0.373. The number of nitrogens with one attached hydrogen (secondary N) is 1. The molecule has 0 heterocycles. The van der Waals surface area contributed by atoms with Crippen molar-refractivity contribution >= 4 is 5.69 Å². The van der Waals surface area contributed by atoms with Crippen LogP contribution in [0.5, 0.6) is 0 Å². The molecule has 1 aromatic carbocycles. The van der Waals surface area contributed by atoms with Gasteiger partial charge in [-0.3, -0.25) is 0 Å². The molecule has 4 heteroatoms. The van der Waals surface area contributed by atoms with Gasteiger partial charge >= 0.3 is 0 Å².